The summed E-state index contributed by atoms with van der Waals surface area (Å²) in [6, 6.07) is -0.755. The lowest BCUT2D eigenvalue weighted by atomic mass is 10.0. The second kappa shape index (κ2) is 6.31. The molecule has 0 radical (unpaired) electrons. The Morgan fingerprint density at radius 2 is 2.22 bits per heavy atom. The first-order chi connectivity index (χ1) is 10.6. The third kappa shape index (κ3) is 3.90. The lowest BCUT2D eigenvalue weighted by Crippen LogP contribution is -2.47. The van der Waals surface area contributed by atoms with Crippen molar-refractivity contribution in [3.63, 3.8) is 0 Å². The van der Waals surface area contributed by atoms with Crippen molar-refractivity contribution in [3.8, 4) is 0 Å². The summed E-state index contributed by atoms with van der Waals surface area (Å²) in [6.07, 6.45) is -0.807. The summed E-state index contributed by atoms with van der Waals surface area (Å²) in [5.74, 6) is 0. The van der Waals surface area contributed by atoms with E-state index in [2.05, 4.69) is 5.10 Å². The number of hydrogen-bond donors (Lipinski definition) is 0. The van der Waals surface area contributed by atoms with E-state index in [9.17, 15) is 19.3 Å². The van der Waals surface area contributed by atoms with Crippen molar-refractivity contribution in [1.29, 1.82) is 0 Å². The van der Waals surface area contributed by atoms with Crippen molar-refractivity contribution < 1.29 is 18.8 Å². The lowest BCUT2D eigenvalue weighted by Gasteiger charge is -2.35. The molecule has 23 heavy (non-hydrogen) atoms. The smallest absolute Gasteiger partial charge is 0.410 e. The zero-order chi connectivity index (χ0) is 17.4. The summed E-state index contributed by atoms with van der Waals surface area (Å²) < 4.78 is 20.7. The minimum absolute atomic E-state index is 0.177. The number of piperidine rings is 1. The summed E-state index contributed by atoms with van der Waals surface area (Å²) in [4.78, 5) is 23.3. The minimum Gasteiger partial charge on any atom is -0.444 e. The Hall–Kier alpha value is -1.90. The van der Waals surface area contributed by atoms with E-state index in [0.29, 0.717) is 0 Å². The van der Waals surface area contributed by atoms with Gasteiger partial charge in [-0.1, -0.05) is 11.6 Å². The van der Waals surface area contributed by atoms with E-state index in [0.717, 1.165) is 10.9 Å². The van der Waals surface area contributed by atoms with Crippen molar-refractivity contribution in [2.45, 2.75) is 45.0 Å². The van der Waals surface area contributed by atoms with Crippen molar-refractivity contribution in [3.05, 3.63) is 21.5 Å². The molecule has 2 heterocycles. The van der Waals surface area contributed by atoms with Crippen LogP contribution < -0.4 is 0 Å². The van der Waals surface area contributed by atoms with E-state index in [1.54, 1.807) is 20.8 Å². The summed E-state index contributed by atoms with van der Waals surface area (Å²) >= 11 is 5.89. The Bertz CT molecular complexity index is 616. The van der Waals surface area contributed by atoms with Crippen molar-refractivity contribution in [2.75, 3.05) is 13.1 Å². The first-order valence-corrected chi connectivity index (χ1v) is 7.47. The van der Waals surface area contributed by atoms with Gasteiger partial charge in [0.05, 0.1) is 17.5 Å². The van der Waals surface area contributed by atoms with E-state index < -0.39 is 28.8 Å². The van der Waals surface area contributed by atoms with Gasteiger partial charge in [-0.25, -0.2) is 13.9 Å². The molecule has 0 N–H and O–H groups in total. The van der Waals surface area contributed by atoms with Crippen LogP contribution in [0.4, 0.5) is 14.9 Å². The third-order valence-corrected chi connectivity index (χ3v) is 3.75. The Balaban J connectivity index is 2.07. The zero-order valence-corrected chi connectivity index (χ0v) is 13.8. The van der Waals surface area contributed by atoms with Crippen LogP contribution in [-0.4, -0.2) is 50.6 Å². The monoisotopic (exact) mass is 348 g/mol. The molecule has 0 aliphatic carbocycles. The van der Waals surface area contributed by atoms with Crippen LogP contribution in [0.2, 0.25) is 5.15 Å². The zero-order valence-electron chi connectivity index (χ0n) is 13.0. The number of likely N-dealkylation sites (tertiary alicyclic amines) is 1. The molecule has 1 saturated heterocycles. The predicted molar refractivity (Wildman–Crippen MR) is 80.2 cm³/mol. The normalized spacial score (nSPS) is 22.0. The summed E-state index contributed by atoms with van der Waals surface area (Å²) in [5.41, 5.74) is -1.03. The fourth-order valence-electron chi connectivity index (χ4n) is 2.35. The van der Waals surface area contributed by atoms with Gasteiger partial charge in [0.1, 0.15) is 18.0 Å². The molecule has 1 fully saturated rings. The molecule has 1 aromatic heterocycles. The van der Waals surface area contributed by atoms with Gasteiger partial charge in [0.2, 0.25) is 5.15 Å². The first kappa shape index (κ1) is 17.5. The number of hydrogen-bond acceptors (Lipinski definition) is 5. The maximum absolute atomic E-state index is 14.4. The molecule has 1 aliphatic rings. The highest BCUT2D eigenvalue weighted by atomic mass is 35.5. The van der Waals surface area contributed by atoms with Gasteiger partial charge in [-0.2, -0.15) is 5.10 Å². The molecule has 1 aliphatic heterocycles. The van der Waals surface area contributed by atoms with E-state index in [-0.39, 0.29) is 30.4 Å². The summed E-state index contributed by atoms with van der Waals surface area (Å²) in [5, 5.41) is 14.4. The Morgan fingerprint density at radius 1 is 1.57 bits per heavy atom. The van der Waals surface area contributed by atoms with Crippen molar-refractivity contribution in [2.24, 2.45) is 0 Å². The molecule has 0 saturated carbocycles. The highest BCUT2D eigenvalue weighted by molar-refractivity contribution is 6.31. The van der Waals surface area contributed by atoms with Gasteiger partial charge in [-0.05, 0) is 27.2 Å². The van der Waals surface area contributed by atoms with Crippen LogP contribution in [0.25, 0.3) is 0 Å². The Morgan fingerprint density at radius 3 is 2.70 bits per heavy atom. The standard InChI is InChI=1S/C13H18ClFN4O4/c1-13(2,3)23-12(20)17-5-4-9(8(15)7-17)18-11(14)10(6-16-18)19(21)22/h6,8-9H,4-5,7H2,1-3H3. The van der Waals surface area contributed by atoms with Gasteiger partial charge in [-0.3, -0.25) is 10.1 Å². The maximum Gasteiger partial charge on any atom is 0.410 e. The average Bonchev–Trinajstić information content (AvgIpc) is 2.78. The average molecular weight is 349 g/mol. The van der Waals surface area contributed by atoms with Gasteiger partial charge in [-0.15, -0.1) is 0 Å². The molecule has 0 aromatic carbocycles. The van der Waals surface area contributed by atoms with E-state index >= 15 is 0 Å². The van der Waals surface area contributed by atoms with Gasteiger partial charge in [0.15, 0.2) is 0 Å². The molecular weight excluding hydrogens is 331 g/mol. The van der Waals surface area contributed by atoms with E-state index in [4.69, 9.17) is 16.3 Å². The SMILES string of the molecule is CC(C)(C)OC(=O)N1CCC(n2ncc([N+](=O)[O-])c2Cl)C(F)C1. The van der Waals surface area contributed by atoms with Gasteiger partial charge in [0.25, 0.3) is 0 Å². The number of aromatic nitrogens is 2. The molecule has 8 nitrogen and oxygen atoms in total. The number of halogens is 2. The highest BCUT2D eigenvalue weighted by Crippen LogP contribution is 2.32. The van der Waals surface area contributed by atoms with Crippen LogP contribution in [0, 0.1) is 10.1 Å². The molecular formula is C13H18ClFN4O4. The first-order valence-electron chi connectivity index (χ1n) is 7.09. The van der Waals surface area contributed by atoms with Crippen LogP contribution in [0.5, 0.6) is 0 Å². The topological polar surface area (TPSA) is 90.5 Å². The molecule has 2 unspecified atom stereocenters. The fourth-order valence-corrected chi connectivity index (χ4v) is 2.64. The second-order valence-electron chi connectivity index (χ2n) is 6.32. The van der Waals surface area contributed by atoms with Crippen LogP contribution in [0.15, 0.2) is 6.20 Å². The molecule has 1 aromatic rings. The summed E-state index contributed by atoms with van der Waals surface area (Å²) in [6.45, 7) is 5.27. The van der Waals surface area contributed by atoms with Crippen molar-refractivity contribution in [1.82, 2.24) is 14.7 Å². The van der Waals surface area contributed by atoms with Crippen LogP contribution in [0.1, 0.15) is 33.2 Å². The Kier molecular flexibility index (Phi) is 4.79. The Labute approximate surface area is 137 Å². The molecule has 0 spiro atoms. The molecule has 2 rings (SSSR count). The maximum atomic E-state index is 14.4. The van der Waals surface area contributed by atoms with Gasteiger partial charge in [0, 0.05) is 6.54 Å². The molecule has 128 valence electrons. The predicted octanol–water partition coefficient (Wildman–Crippen LogP) is 2.96. The van der Waals surface area contributed by atoms with Crippen LogP contribution in [0.3, 0.4) is 0 Å². The number of nitro groups is 1. The molecule has 10 heteroatoms. The van der Waals surface area contributed by atoms with Gasteiger partial charge < -0.3 is 9.64 Å². The number of nitrogens with zero attached hydrogens (tertiary/aromatic N) is 4. The number of ether oxygens (including phenoxy) is 1. The largest absolute Gasteiger partial charge is 0.444 e. The van der Waals surface area contributed by atoms with Crippen LogP contribution >= 0.6 is 11.6 Å². The number of rotatable bonds is 2. The third-order valence-electron chi connectivity index (χ3n) is 3.39. The summed E-state index contributed by atoms with van der Waals surface area (Å²) in [7, 11) is 0. The molecule has 0 bridgehead atoms. The number of alkyl halides is 1. The molecule has 1 amide bonds. The highest BCUT2D eigenvalue weighted by Gasteiger charge is 2.37. The van der Waals surface area contributed by atoms with E-state index in [1.165, 1.54) is 4.90 Å². The number of carbonyl (C=O) groups excluding carboxylic acids is 1. The number of amides is 1. The number of carbonyl (C=O) groups is 1. The quantitative estimate of drug-likeness (QED) is 0.605. The lowest BCUT2D eigenvalue weighted by molar-refractivity contribution is -0.384. The minimum atomic E-state index is -1.45. The second-order valence-corrected chi connectivity index (χ2v) is 6.68. The van der Waals surface area contributed by atoms with Crippen molar-refractivity contribution >= 4 is 23.4 Å². The van der Waals surface area contributed by atoms with E-state index in [1.807, 2.05) is 0 Å². The fraction of sp³-hybridized carbons (Fsp3) is 0.692. The van der Waals surface area contributed by atoms with Crippen LogP contribution in [-0.2, 0) is 4.74 Å². The van der Waals surface area contributed by atoms with Gasteiger partial charge >= 0.3 is 11.8 Å². The molecule has 2 atom stereocenters.